The highest BCUT2D eigenvalue weighted by atomic mass is 32.2. The molecule has 148 valence electrons. The standard InChI is InChI=1S/C22H25NO4S/c1-16-20(17-8-5-4-6-9-17)21(25)23(15-27-16)22(2,3)19(24)11-13-28-14-18-10-7-12-26-18/h4-10,12H,11,13-15H2,1-3H3. The molecule has 1 aliphatic heterocycles. The van der Waals surface area contributed by atoms with Gasteiger partial charge in [0, 0.05) is 12.2 Å². The topological polar surface area (TPSA) is 59.8 Å². The van der Waals surface area contributed by atoms with Crippen molar-refractivity contribution in [3.63, 3.8) is 0 Å². The molecular weight excluding hydrogens is 374 g/mol. The summed E-state index contributed by atoms with van der Waals surface area (Å²) >= 11 is 1.64. The first-order valence-corrected chi connectivity index (χ1v) is 10.4. The van der Waals surface area contributed by atoms with Gasteiger partial charge in [-0.2, -0.15) is 11.8 Å². The van der Waals surface area contributed by atoms with E-state index < -0.39 is 5.54 Å². The van der Waals surface area contributed by atoms with E-state index in [9.17, 15) is 9.59 Å². The van der Waals surface area contributed by atoms with Crippen molar-refractivity contribution in [1.82, 2.24) is 4.90 Å². The molecule has 0 aliphatic carbocycles. The van der Waals surface area contributed by atoms with Gasteiger partial charge in [-0.1, -0.05) is 30.3 Å². The van der Waals surface area contributed by atoms with E-state index in [4.69, 9.17) is 9.15 Å². The maximum absolute atomic E-state index is 13.2. The number of Topliss-reactive ketones (excluding diaryl/α,β-unsaturated/α-hetero) is 1. The number of hydrogen-bond donors (Lipinski definition) is 0. The lowest BCUT2D eigenvalue weighted by Crippen LogP contribution is -2.55. The van der Waals surface area contributed by atoms with E-state index in [1.165, 1.54) is 4.90 Å². The predicted molar refractivity (Wildman–Crippen MR) is 110 cm³/mol. The Morgan fingerprint density at radius 2 is 1.93 bits per heavy atom. The average molecular weight is 400 g/mol. The fourth-order valence-electron chi connectivity index (χ4n) is 3.11. The van der Waals surface area contributed by atoms with Crippen LogP contribution in [-0.4, -0.2) is 34.6 Å². The van der Waals surface area contributed by atoms with Gasteiger partial charge in [0.25, 0.3) is 5.91 Å². The molecule has 1 amide bonds. The number of amides is 1. The largest absolute Gasteiger partial charge is 0.477 e. The van der Waals surface area contributed by atoms with Gasteiger partial charge in [-0.25, -0.2) is 0 Å². The maximum atomic E-state index is 13.2. The Kier molecular flexibility index (Phi) is 6.29. The summed E-state index contributed by atoms with van der Waals surface area (Å²) in [7, 11) is 0. The zero-order valence-corrected chi connectivity index (χ0v) is 17.3. The lowest BCUT2D eigenvalue weighted by Gasteiger charge is -2.40. The number of ether oxygens (including phenoxy) is 1. The molecule has 1 aromatic carbocycles. The second-order valence-electron chi connectivity index (χ2n) is 7.17. The van der Waals surface area contributed by atoms with E-state index in [1.807, 2.05) is 42.5 Å². The Morgan fingerprint density at radius 1 is 1.18 bits per heavy atom. The molecule has 3 rings (SSSR count). The fourth-order valence-corrected chi connectivity index (χ4v) is 3.95. The number of carbonyl (C=O) groups is 2. The van der Waals surface area contributed by atoms with Crippen molar-refractivity contribution in [2.24, 2.45) is 0 Å². The summed E-state index contributed by atoms with van der Waals surface area (Å²) in [6, 6.07) is 13.2. The van der Waals surface area contributed by atoms with Gasteiger partial charge in [-0.05, 0) is 38.5 Å². The van der Waals surface area contributed by atoms with Crippen LogP contribution in [0.15, 0.2) is 58.9 Å². The molecule has 6 heteroatoms. The van der Waals surface area contributed by atoms with Crippen molar-refractivity contribution in [1.29, 1.82) is 0 Å². The Bertz CT molecular complexity index is 856. The van der Waals surface area contributed by atoms with Crippen molar-refractivity contribution in [3.05, 3.63) is 65.8 Å². The molecular formula is C22H25NO4S. The van der Waals surface area contributed by atoms with Gasteiger partial charge >= 0.3 is 0 Å². The summed E-state index contributed by atoms with van der Waals surface area (Å²) < 4.78 is 11.1. The Labute approximate surface area is 169 Å². The molecule has 0 atom stereocenters. The van der Waals surface area contributed by atoms with Gasteiger partial charge < -0.3 is 9.15 Å². The summed E-state index contributed by atoms with van der Waals surface area (Å²) in [6.45, 7) is 5.45. The third-order valence-electron chi connectivity index (χ3n) is 4.94. The monoisotopic (exact) mass is 399 g/mol. The Hall–Kier alpha value is -2.47. The number of rotatable bonds is 8. The van der Waals surface area contributed by atoms with Crippen LogP contribution in [0.3, 0.4) is 0 Å². The third kappa shape index (κ3) is 4.33. The van der Waals surface area contributed by atoms with Crippen LogP contribution in [0.1, 0.15) is 38.5 Å². The molecule has 0 unspecified atom stereocenters. The second kappa shape index (κ2) is 8.69. The van der Waals surface area contributed by atoms with E-state index in [0.717, 1.165) is 17.1 Å². The first-order valence-electron chi connectivity index (χ1n) is 9.25. The Morgan fingerprint density at radius 3 is 2.61 bits per heavy atom. The van der Waals surface area contributed by atoms with Crippen LogP contribution in [0.2, 0.25) is 0 Å². The molecule has 1 aliphatic rings. The van der Waals surface area contributed by atoms with Crippen molar-refractivity contribution in [3.8, 4) is 0 Å². The number of benzene rings is 1. The van der Waals surface area contributed by atoms with E-state index in [0.29, 0.717) is 23.5 Å². The minimum Gasteiger partial charge on any atom is -0.477 e. The number of furan rings is 1. The van der Waals surface area contributed by atoms with Crippen LogP contribution in [0, 0.1) is 0 Å². The normalized spacial score (nSPS) is 15.0. The van der Waals surface area contributed by atoms with E-state index in [2.05, 4.69) is 0 Å². The molecule has 28 heavy (non-hydrogen) atoms. The lowest BCUT2D eigenvalue weighted by molar-refractivity contribution is -0.148. The van der Waals surface area contributed by atoms with Crippen molar-refractivity contribution >= 4 is 29.0 Å². The first kappa shape index (κ1) is 20.3. The SMILES string of the molecule is CC1=C(c2ccccc2)C(=O)N(C(C)(C)C(=O)CCSCc2ccco2)CO1. The maximum Gasteiger partial charge on any atom is 0.261 e. The van der Waals surface area contributed by atoms with E-state index in [-0.39, 0.29) is 18.4 Å². The first-order chi connectivity index (χ1) is 13.4. The molecule has 0 fully saturated rings. The van der Waals surface area contributed by atoms with E-state index >= 15 is 0 Å². The van der Waals surface area contributed by atoms with Crippen molar-refractivity contribution < 1.29 is 18.7 Å². The molecule has 0 N–H and O–H groups in total. The van der Waals surface area contributed by atoms with Crippen LogP contribution in [-0.2, 0) is 20.1 Å². The summed E-state index contributed by atoms with van der Waals surface area (Å²) in [6.07, 6.45) is 2.03. The molecule has 0 bridgehead atoms. The summed E-state index contributed by atoms with van der Waals surface area (Å²) in [5.74, 6) is 2.73. The van der Waals surface area contributed by atoms with Crippen molar-refractivity contribution in [2.45, 2.75) is 38.5 Å². The molecule has 0 saturated carbocycles. The average Bonchev–Trinajstić information content (AvgIpc) is 3.19. The highest BCUT2D eigenvalue weighted by Crippen LogP contribution is 2.31. The van der Waals surface area contributed by atoms with Crippen LogP contribution in [0.25, 0.3) is 5.57 Å². The third-order valence-corrected chi connectivity index (χ3v) is 5.92. The van der Waals surface area contributed by atoms with Gasteiger partial charge in [0.05, 0.1) is 23.1 Å². The highest BCUT2D eigenvalue weighted by Gasteiger charge is 2.41. The number of ketones is 1. The van der Waals surface area contributed by atoms with Crippen LogP contribution < -0.4 is 0 Å². The van der Waals surface area contributed by atoms with Crippen LogP contribution in [0.5, 0.6) is 0 Å². The number of hydrogen-bond acceptors (Lipinski definition) is 5. The number of carbonyl (C=O) groups excluding carboxylic acids is 2. The van der Waals surface area contributed by atoms with Gasteiger partial charge in [0.2, 0.25) is 0 Å². The zero-order valence-electron chi connectivity index (χ0n) is 16.4. The fraction of sp³-hybridized carbons (Fsp3) is 0.364. The number of nitrogens with zero attached hydrogens (tertiary/aromatic N) is 1. The molecule has 0 radical (unpaired) electrons. The van der Waals surface area contributed by atoms with Gasteiger partial charge in [0.1, 0.15) is 11.5 Å². The molecule has 0 saturated heterocycles. The number of allylic oxidation sites excluding steroid dienone is 1. The summed E-state index contributed by atoms with van der Waals surface area (Å²) in [4.78, 5) is 27.6. The number of thioether (sulfide) groups is 1. The zero-order chi connectivity index (χ0) is 20.1. The van der Waals surface area contributed by atoms with Gasteiger partial charge in [-0.3, -0.25) is 14.5 Å². The summed E-state index contributed by atoms with van der Waals surface area (Å²) in [5.41, 5.74) is 0.371. The quantitative estimate of drug-likeness (QED) is 0.612. The minimum atomic E-state index is -0.941. The van der Waals surface area contributed by atoms with Gasteiger partial charge in [-0.15, -0.1) is 0 Å². The molecule has 2 heterocycles. The minimum absolute atomic E-state index is 0.0170. The molecule has 1 aromatic heterocycles. The predicted octanol–water partition coefficient (Wildman–Crippen LogP) is 4.50. The summed E-state index contributed by atoms with van der Waals surface area (Å²) in [5, 5.41) is 0. The molecule has 2 aromatic rings. The smallest absolute Gasteiger partial charge is 0.261 e. The molecule has 5 nitrogen and oxygen atoms in total. The molecule has 0 spiro atoms. The second-order valence-corrected chi connectivity index (χ2v) is 8.27. The van der Waals surface area contributed by atoms with Crippen molar-refractivity contribution in [2.75, 3.05) is 12.5 Å². The van der Waals surface area contributed by atoms with E-state index in [1.54, 1.807) is 38.8 Å². The van der Waals surface area contributed by atoms with Crippen LogP contribution >= 0.6 is 11.8 Å². The lowest BCUT2D eigenvalue weighted by atomic mass is 9.92. The van der Waals surface area contributed by atoms with Crippen LogP contribution in [0.4, 0.5) is 0 Å². The Balaban J connectivity index is 1.65. The highest BCUT2D eigenvalue weighted by molar-refractivity contribution is 7.98. The van der Waals surface area contributed by atoms with Gasteiger partial charge in [0.15, 0.2) is 12.5 Å².